The maximum atomic E-state index is 12.9. The highest BCUT2D eigenvalue weighted by Gasteiger charge is 2.19. The van der Waals surface area contributed by atoms with E-state index in [1.54, 1.807) is 25.1 Å². The van der Waals surface area contributed by atoms with Gasteiger partial charge in [-0.3, -0.25) is 14.8 Å². The van der Waals surface area contributed by atoms with Crippen molar-refractivity contribution in [1.82, 2.24) is 9.97 Å². The number of anilines is 1. The fraction of sp³-hybridized carbons (Fsp3) is 0.0909. The van der Waals surface area contributed by atoms with E-state index in [1.165, 1.54) is 48.5 Å². The summed E-state index contributed by atoms with van der Waals surface area (Å²) in [6.07, 6.45) is 0. The zero-order chi connectivity index (χ0) is 23.6. The van der Waals surface area contributed by atoms with Gasteiger partial charge in [-0.15, -0.1) is 0 Å². The van der Waals surface area contributed by atoms with Crippen LogP contribution in [-0.2, 0) is 14.8 Å². The summed E-state index contributed by atoms with van der Waals surface area (Å²) < 4.78 is 33.2. The standard InChI is InChI=1S/C22H18N4O6S/c1-2-32-22(27)14-9-11-16(12-10-14)25-33(30,31)17-6-3-5-15(13-17)21-23-18-7-4-8-19(26(28)29)20(18)24-21/h3-13,25H,2H2,1H3,(H,23,24). The number of nitro benzene ring substituents is 1. The largest absolute Gasteiger partial charge is 0.462 e. The van der Waals surface area contributed by atoms with Gasteiger partial charge in [-0.25, -0.2) is 18.2 Å². The highest BCUT2D eigenvalue weighted by Crippen LogP contribution is 2.28. The van der Waals surface area contributed by atoms with E-state index in [-0.39, 0.29) is 28.4 Å². The molecule has 10 nitrogen and oxygen atoms in total. The number of aromatic nitrogens is 2. The molecule has 2 N–H and O–H groups in total. The van der Waals surface area contributed by atoms with Gasteiger partial charge in [-0.1, -0.05) is 18.2 Å². The number of carbonyl (C=O) groups is 1. The lowest BCUT2D eigenvalue weighted by molar-refractivity contribution is -0.383. The Balaban J connectivity index is 1.62. The van der Waals surface area contributed by atoms with Crippen molar-refractivity contribution in [1.29, 1.82) is 0 Å². The molecule has 0 aliphatic heterocycles. The van der Waals surface area contributed by atoms with Crippen molar-refractivity contribution in [3.63, 3.8) is 0 Å². The van der Waals surface area contributed by atoms with Gasteiger partial charge < -0.3 is 9.72 Å². The summed E-state index contributed by atoms with van der Waals surface area (Å²) in [7, 11) is -3.95. The first-order valence-corrected chi connectivity index (χ1v) is 11.3. The topological polar surface area (TPSA) is 144 Å². The maximum absolute atomic E-state index is 12.9. The number of nitro groups is 1. The monoisotopic (exact) mass is 466 g/mol. The summed E-state index contributed by atoms with van der Waals surface area (Å²) in [5, 5.41) is 11.3. The Bertz CT molecular complexity index is 1460. The summed E-state index contributed by atoms with van der Waals surface area (Å²) in [6.45, 7) is 1.93. The van der Waals surface area contributed by atoms with Crippen LogP contribution in [0.2, 0.25) is 0 Å². The average Bonchev–Trinajstić information content (AvgIpc) is 3.24. The van der Waals surface area contributed by atoms with Crippen LogP contribution in [0.4, 0.5) is 11.4 Å². The number of nitrogens with zero attached hydrogens (tertiary/aromatic N) is 2. The van der Waals surface area contributed by atoms with E-state index < -0.39 is 20.9 Å². The van der Waals surface area contributed by atoms with Gasteiger partial charge in [-0.2, -0.15) is 0 Å². The second kappa shape index (κ2) is 8.71. The first kappa shape index (κ1) is 22.0. The first-order chi connectivity index (χ1) is 15.8. The van der Waals surface area contributed by atoms with Crippen molar-refractivity contribution in [2.24, 2.45) is 0 Å². The van der Waals surface area contributed by atoms with Gasteiger partial charge in [0.15, 0.2) is 0 Å². The van der Waals surface area contributed by atoms with Gasteiger partial charge in [0, 0.05) is 17.3 Å². The zero-order valence-electron chi connectivity index (χ0n) is 17.3. The molecule has 0 saturated heterocycles. The van der Waals surface area contributed by atoms with Crippen molar-refractivity contribution in [2.75, 3.05) is 11.3 Å². The number of H-pyrrole nitrogens is 1. The molecule has 0 atom stereocenters. The number of hydrogen-bond donors (Lipinski definition) is 2. The normalized spacial score (nSPS) is 11.3. The number of esters is 1. The van der Waals surface area contributed by atoms with Crippen LogP contribution in [0, 0.1) is 10.1 Å². The van der Waals surface area contributed by atoms with E-state index in [4.69, 9.17) is 4.74 Å². The van der Waals surface area contributed by atoms with Crippen LogP contribution in [0.1, 0.15) is 17.3 Å². The first-order valence-electron chi connectivity index (χ1n) is 9.82. The molecule has 4 rings (SSSR count). The number of para-hydroxylation sites is 1. The summed E-state index contributed by atoms with van der Waals surface area (Å²) in [6, 6.07) is 16.4. The predicted molar refractivity (Wildman–Crippen MR) is 121 cm³/mol. The summed E-state index contributed by atoms with van der Waals surface area (Å²) in [5.74, 6) is -0.194. The van der Waals surface area contributed by atoms with Gasteiger partial charge >= 0.3 is 5.97 Å². The van der Waals surface area contributed by atoms with Gasteiger partial charge in [0.1, 0.15) is 11.3 Å². The van der Waals surface area contributed by atoms with E-state index in [1.807, 2.05) is 0 Å². The fourth-order valence-electron chi connectivity index (χ4n) is 3.22. The Morgan fingerprint density at radius 3 is 2.55 bits per heavy atom. The second-order valence-corrected chi connectivity index (χ2v) is 8.63. The third-order valence-electron chi connectivity index (χ3n) is 4.76. The van der Waals surface area contributed by atoms with Crippen molar-refractivity contribution in [3.8, 4) is 11.4 Å². The molecule has 0 fully saturated rings. The van der Waals surface area contributed by atoms with Gasteiger partial charge in [0.25, 0.3) is 15.7 Å². The molecule has 0 bridgehead atoms. The van der Waals surface area contributed by atoms with E-state index >= 15 is 0 Å². The van der Waals surface area contributed by atoms with Crippen molar-refractivity contribution in [3.05, 3.63) is 82.4 Å². The molecule has 0 aliphatic rings. The van der Waals surface area contributed by atoms with Crippen LogP contribution in [0.25, 0.3) is 22.4 Å². The van der Waals surface area contributed by atoms with Crippen LogP contribution in [-0.4, -0.2) is 35.9 Å². The number of carbonyl (C=O) groups excluding carboxylic acids is 1. The van der Waals surface area contributed by atoms with Gasteiger partial charge in [0.05, 0.1) is 27.5 Å². The van der Waals surface area contributed by atoms with Crippen molar-refractivity contribution in [2.45, 2.75) is 11.8 Å². The molecular weight excluding hydrogens is 448 g/mol. The zero-order valence-corrected chi connectivity index (χ0v) is 18.1. The SMILES string of the molecule is CCOC(=O)c1ccc(NS(=O)(=O)c2cccc(-c3nc4cccc([N+](=O)[O-])c4[nH]3)c2)cc1. The highest BCUT2D eigenvalue weighted by atomic mass is 32.2. The summed E-state index contributed by atoms with van der Waals surface area (Å²) in [4.78, 5) is 29.7. The molecule has 0 unspecified atom stereocenters. The number of sulfonamides is 1. The van der Waals surface area contributed by atoms with Crippen LogP contribution >= 0.6 is 0 Å². The Morgan fingerprint density at radius 1 is 1.12 bits per heavy atom. The highest BCUT2D eigenvalue weighted by molar-refractivity contribution is 7.92. The van der Waals surface area contributed by atoms with Crippen LogP contribution in [0.3, 0.4) is 0 Å². The van der Waals surface area contributed by atoms with E-state index in [0.717, 1.165) is 0 Å². The number of ether oxygens (including phenoxy) is 1. The number of benzene rings is 3. The minimum atomic E-state index is -3.95. The van der Waals surface area contributed by atoms with Crippen molar-refractivity contribution >= 4 is 38.4 Å². The Morgan fingerprint density at radius 2 is 1.85 bits per heavy atom. The van der Waals surface area contributed by atoms with E-state index in [9.17, 15) is 23.3 Å². The van der Waals surface area contributed by atoms with Crippen LogP contribution < -0.4 is 4.72 Å². The number of fused-ring (bicyclic) bond motifs is 1. The molecule has 0 aliphatic carbocycles. The lowest BCUT2D eigenvalue weighted by atomic mass is 10.2. The van der Waals surface area contributed by atoms with Gasteiger partial charge in [0.2, 0.25) is 0 Å². The predicted octanol–water partition coefficient (Wildman–Crippen LogP) is 4.12. The number of rotatable bonds is 7. The van der Waals surface area contributed by atoms with Gasteiger partial charge in [-0.05, 0) is 49.4 Å². The van der Waals surface area contributed by atoms with Crippen LogP contribution in [0.5, 0.6) is 0 Å². The molecule has 168 valence electrons. The molecular formula is C22H18N4O6S. The Labute approximate surface area is 188 Å². The molecule has 0 radical (unpaired) electrons. The van der Waals surface area contributed by atoms with Crippen LogP contribution in [0.15, 0.2) is 71.6 Å². The molecule has 4 aromatic rings. The Kier molecular flexibility index (Phi) is 5.80. The summed E-state index contributed by atoms with van der Waals surface area (Å²) >= 11 is 0. The molecule has 0 spiro atoms. The lowest BCUT2D eigenvalue weighted by Gasteiger charge is -2.09. The van der Waals surface area contributed by atoms with E-state index in [0.29, 0.717) is 22.5 Å². The number of hydrogen-bond acceptors (Lipinski definition) is 7. The molecule has 0 amide bonds. The lowest BCUT2D eigenvalue weighted by Crippen LogP contribution is -2.13. The quantitative estimate of drug-likeness (QED) is 0.237. The molecule has 1 heterocycles. The van der Waals surface area contributed by atoms with Crippen molar-refractivity contribution < 1.29 is 22.9 Å². The number of nitrogens with one attached hydrogen (secondary N) is 2. The minimum Gasteiger partial charge on any atom is -0.462 e. The molecule has 3 aromatic carbocycles. The maximum Gasteiger partial charge on any atom is 0.338 e. The smallest absolute Gasteiger partial charge is 0.338 e. The minimum absolute atomic E-state index is 0.0237. The van der Waals surface area contributed by atoms with E-state index in [2.05, 4.69) is 14.7 Å². The third-order valence-corrected chi connectivity index (χ3v) is 6.14. The molecule has 0 saturated carbocycles. The number of non-ortho nitro benzene ring substituents is 1. The third kappa shape index (κ3) is 4.53. The molecule has 33 heavy (non-hydrogen) atoms. The second-order valence-electron chi connectivity index (χ2n) is 6.94. The summed E-state index contributed by atoms with van der Waals surface area (Å²) in [5.41, 5.74) is 1.55. The molecule has 1 aromatic heterocycles. The number of imidazole rings is 1. The fourth-order valence-corrected chi connectivity index (χ4v) is 4.32. The average molecular weight is 466 g/mol. The molecule has 11 heteroatoms. The number of aromatic amines is 1. The Hall–Kier alpha value is -4.25.